The van der Waals surface area contributed by atoms with Crippen LogP contribution in [-0.4, -0.2) is 71.7 Å². The molecule has 1 aromatic rings. The number of methoxy groups -OCH3 is 1. The number of likely N-dealkylation sites (tertiary alicyclic amines) is 1. The molecule has 1 unspecified atom stereocenters. The zero-order valence-corrected chi connectivity index (χ0v) is 15.9. The van der Waals surface area contributed by atoms with Crippen LogP contribution in [0.5, 0.6) is 5.75 Å². The fourth-order valence-electron chi connectivity index (χ4n) is 4.03. The maximum atomic E-state index is 12.0. The summed E-state index contributed by atoms with van der Waals surface area (Å²) in [6.45, 7) is 6.00. The molecular weight excluding hydrogens is 336 g/mol. The average Bonchev–Trinajstić information content (AvgIpc) is 2.63. The minimum absolute atomic E-state index is 0.567. The van der Waals surface area contributed by atoms with Crippen molar-refractivity contribution >= 4 is 17.7 Å². The number of hydrogen-bond donors (Lipinski definition) is 1. The van der Waals surface area contributed by atoms with Crippen molar-refractivity contribution in [3.63, 3.8) is 0 Å². The summed E-state index contributed by atoms with van der Waals surface area (Å²) < 4.78 is 5.30. The van der Waals surface area contributed by atoms with E-state index in [1.54, 1.807) is 7.11 Å². The first-order chi connectivity index (χ1) is 12.1. The Hall–Kier alpha value is -1.24. The molecule has 138 valence electrons. The summed E-state index contributed by atoms with van der Waals surface area (Å²) in [6, 6.07) is 5.76. The highest BCUT2D eigenvalue weighted by molar-refractivity contribution is 7.99. The average molecular weight is 365 g/mol. The molecule has 0 bridgehead atoms. The molecule has 0 spiro atoms. The lowest BCUT2D eigenvalue weighted by molar-refractivity contribution is -0.144. The Kier molecular flexibility index (Phi) is 6.25. The third-order valence-corrected chi connectivity index (χ3v) is 6.34. The fraction of sp³-hybridized carbons (Fsp3) is 0.632. The van der Waals surface area contributed by atoms with Crippen molar-refractivity contribution in [3.8, 4) is 5.75 Å². The molecule has 6 heteroatoms. The van der Waals surface area contributed by atoms with Gasteiger partial charge in [-0.3, -0.25) is 14.6 Å². The zero-order chi connectivity index (χ0) is 17.8. The van der Waals surface area contributed by atoms with Crippen LogP contribution in [-0.2, 0) is 4.79 Å². The van der Waals surface area contributed by atoms with Gasteiger partial charge in [-0.25, -0.2) is 0 Å². The van der Waals surface area contributed by atoms with Gasteiger partial charge in [0.05, 0.1) is 7.11 Å². The number of carboxylic acids is 1. The lowest BCUT2D eigenvalue weighted by Crippen LogP contribution is -2.49. The van der Waals surface area contributed by atoms with E-state index in [9.17, 15) is 9.90 Å². The maximum absolute atomic E-state index is 12.0. The molecule has 1 aromatic carbocycles. The summed E-state index contributed by atoms with van der Waals surface area (Å²) in [4.78, 5) is 16.7. The quantitative estimate of drug-likeness (QED) is 0.867. The molecule has 0 aromatic heterocycles. The van der Waals surface area contributed by atoms with Crippen molar-refractivity contribution in [2.75, 3.05) is 44.8 Å². The number of benzene rings is 1. The molecule has 2 saturated heterocycles. The van der Waals surface area contributed by atoms with Gasteiger partial charge in [0, 0.05) is 43.7 Å². The van der Waals surface area contributed by atoms with Crippen molar-refractivity contribution in [2.24, 2.45) is 0 Å². The molecule has 1 N–H and O–H groups in total. The molecule has 2 fully saturated rings. The van der Waals surface area contributed by atoms with Crippen molar-refractivity contribution in [1.29, 1.82) is 0 Å². The second-order valence-electron chi connectivity index (χ2n) is 6.89. The second-order valence-corrected chi connectivity index (χ2v) is 8.11. The largest absolute Gasteiger partial charge is 0.496 e. The predicted molar refractivity (Wildman–Crippen MR) is 102 cm³/mol. The number of thioether (sulfide) groups is 1. The molecule has 3 rings (SSSR count). The van der Waals surface area contributed by atoms with Crippen LogP contribution in [0.2, 0.25) is 0 Å². The zero-order valence-electron chi connectivity index (χ0n) is 15.1. The molecule has 0 saturated carbocycles. The first kappa shape index (κ1) is 18.5. The summed E-state index contributed by atoms with van der Waals surface area (Å²) in [6.07, 6.45) is 2.12. The van der Waals surface area contributed by atoms with Crippen LogP contribution >= 0.6 is 11.8 Å². The van der Waals surface area contributed by atoms with E-state index < -0.39 is 12.0 Å². The topological polar surface area (TPSA) is 53.0 Å². The highest BCUT2D eigenvalue weighted by Crippen LogP contribution is 2.30. The molecule has 0 aliphatic carbocycles. The molecule has 1 atom stereocenters. The Balaban J connectivity index is 1.68. The van der Waals surface area contributed by atoms with Crippen LogP contribution in [0.3, 0.4) is 0 Å². The van der Waals surface area contributed by atoms with Crippen molar-refractivity contribution < 1.29 is 14.6 Å². The SMILES string of the molecule is COc1ccc(C(C(=O)O)N2CCC(N3CCSCC3)CC2)cc1C. The maximum Gasteiger partial charge on any atom is 0.325 e. The van der Waals surface area contributed by atoms with E-state index in [1.165, 1.54) is 24.6 Å². The van der Waals surface area contributed by atoms with E-state index >= 15 is 0 Å². The summed E-state index contributed by atoms with van der Waals surface area (Å²) in [7, 11) is 1.64. The third-order valence-electron chi connectivity index (χ3n) is 5.39. The molecule has 25 heavy (non-hydrogen) atoms. The monoisotopic (exact) mass is 364 g/mol. The number of aryl methyl sites for hydroxylation is 1. The number of hydrogen-bond acceptors (Lipinski definition) is 5. The highest BCUT2D eigenvalue weighted by atomic mass is 32.2. The van der Waals surface area contributed by atoms with Crippen molar-refractivity contribution in [1.82, 2.24) is 9.80 Å². The van der Waals surface area contributed by atoms with Gasteiger partial charge in [-0.1, -0.05) is 12.1 Å². The summed E-state index contributed by atoms with van der Waals surface area (Å²) >= 11 is 2.03. The number of carbonyl (C=O) groups is 1. The van der Waals surface area contributed by atoms with Crippen LogP contribution in [0.25, 0.3) is 0 Å². The van der Waals surface area contributed by atoms with Gasteiger partial charge in [-0.2, -0.15) is 11.8 Å². The molecule has 2 heterocycles. The fourth-order valence-corrected chi connectivity index (χ4v) is 4.96. The number of rotatable bonds is 5. The normalized spacial score (nSPS) is 21.8. The van der Waals surface area contributed by atoms with Crippen LogP contribution in [0.4, 0.5) is 0 Å². The van der Waals surface area contributed by atoms with Gasteiger partial charge in [-0.05, 0) is 37.0 Å². The molecule has 2 aliphatic heterocycles. The van der Waals surface area contributed by atoms with Gasteiger partial charge >= 0.3 is 5.97 Å². The van der Waals surface area contributed by atoms with Gasteiger partial charge < -0.3 is 9.84 Å². The van der Waals surface area contributed by atoms with Crippen LogP contribution in [0, 0.1) is 6.92 Å². The molecular formula is C19H28N2O3S. The number of carboxylic acid groups (broad SMARTS) is 1. The van der Waals surface area contributed by atoms with Crippen molar-refractivity contribution in [3.05, 3.63) is 29.3 Å². The molecule has 2 aliphatic rings. The summed E-state index contributed by atoms with van der Waals surface area (Å²) in [5, 5.41) is 9.82. The number of ether oxygens (including phenoxy) is 1. The Morgan fingerprint density at radius 3 is 2.48 bits per heavy atom. The first-order valence-electron chi connectivity index (χ1n) is 9.03. The third kappa shape index (κ3) is 4.30. The van der Waals surface area contributed by atoms with E-state index in [4.69, 9.17) is 4.74 Å². The number of nitrogens with zero attached hydrogens (tertiary/aromatic N) is 2. The van der Waals surface area contributed by atoms with Gasteiger partial charge in [0.15, 0.2) is 0 Å². The van der Waals surface area contributed by atoms with E-state index in [-0.39, 0.29) is 0 Å². The van der Waals surface area contributed by atoms with E-state index in [0.29, 0.717) is 6.04 Å². The number of piperidine rings is 1. The minimum atomic E-state index is -0.766. The summed E-state index contributed by atoms with van der Waals surface area (Å²) in [5.41, 5.74) is 1.82. The smallest absolute Gasteiger partial charge is 0.325 e. The molecule has 0 radical (unpaired) electrons. The second kappa shape index (κ2) is 8.43. The van der Waals surface area contributed by atoms with Gasteiger partial charge in [0.2, 0.25) is 0 Å². The Morgan fingerprint density at radius 2 is 1.92 bits per heavy atom. The Morgan fingerprint density at radius 1 is 1.24 bits per heavy atom. The van der Waals surface area contributed by atoms with E-state index in [0.717, 1.165) is 42.8 Å². The molecule has 5 nitrogen and oxygen atoms in total. The van der Waals surface area contributed by atoms with Gasteiger partial charge in [0.25, 0.3) is 0 Å². The minimum Gasteiger partial charge on any atom is -0.496 e. The number of aliphatic carboxylic acids is 1. The van der Waals surface area contributed by atoms with Gasteiger partial charge in [-0.15, -0.1) is 0 Å². The standard InChI is InChI=1S/C19H28N2O3S/c1-14-13-15(3-4-17(14)24-2)18(19(22)23)21-7-5-16(6-8-21)20-9-11-25-12-10-20/h3-4,13,16,18H,5-12H2,1-2H3,(H,22,23). The van der Waals surface area contributed by atoms with Crippen LogP contribution in [0.1, 0.15) is 30.0 Å². The first-order valence-corrected chi connectivity index (χ1v) is 10.2. The highest BCUT2D eigenvalue weighted by Gasteiger charge is 2.33. The predicted octanol–water partition coefficient (Wildman–Crippen LogP) is 2.64. The van der Waals surface area contributed by atoms with E-state index in [1.807, 2.05) is 36.9 Å². The Labute approximate surface area is 154 Å². The lowest BCUT2D eigenvalue weighted by Gasteiger charge is -2.41. The Bertz CT molecular complexity index is 596. The van der Waals surface area contributed by atoms with Crippen molar-refractivity contribution in [2.45, 2.75) is 31.8 Å². The van der Waals surface area contributed by atoms with Gasteiger partial charge in [0.1, 0.15) is 11.8 Å². The summed E-state index contributed by atoms with van der Waals surface area (Å²) in [5.74, 6) is 2.48. The van der Waals surface area contributed by atoms with Crippen LogP contribution < -0.4 is 4.74 Å². The van der Waals surface area contributed by atoms with Crippen LogP contribution in [0.15, 0.2) is 18.2 Å². The lowest BCUT2D eigenvalue weighted by atomic mass is 9.97. The van der Waals surface area contributed by atoms with E-state index in [2.05, 4.69) is 9.80 Å². The molecule has 0 amide bonds.